The quantitative estimate of drug-likeness (QED) is 0.622. The van der Waals surface area contributed by atoms with E-state index in [0.29, 0.717) is 0 Å². The van der Waals surface area contributed by atoms with Crippen molar-refractivity contribution in [1.29, 1.82) is 5.26 Å². The fraction of sp³-hybridized carbons (Fsp3) is 0.909. The highest BCUT2D eigenvalue weighted by atomic mass is 28.3. The molecule has 0 N–H and O–H groups in total. The first-order valence-corrected chi connectivity index (χ1v) is 8.92. The van der Waals surface area contributed by atoms with Gasteiger partial charge < -0.3 is 4.57 Å². The highest BCUT2D eigenvalue weighted by molar-refractivity contribution is 6.73. The molecule has 1 aliphatic heterocycles. The SMILES string of the molecule is CC1(C)C(C#N)CCCN1[Si](C)(C)C. The number of hydrogen-bond acceptors (Lipinski definition) is 2. The molecule has 0 aliphatic carbocycles. The first kappa shape index (κ1) is 11.7. The smallest absolute Gasteiger partial charge is 0.119 e. The third-order valence-electron chi connectivity index (χ3n) is 3.39. The zero-order chi connectivity index (χ0) is 11.0. The van der Waals surface area contributed by atoms with Crippen LogP contribution in [0.4, 0.5) is 0 Å². The Labute approximate surface area is 89.0 Å². The Morgan fingerprint density at radius 2 is 1.93 bits per heavy atom. The van der Waals surface area contributed by atoms with Crippen LogP contribution >= 0.6 is 0 Å². The molecule has 14 heavy (non-hydrogen) atoms. The molecule has 1 fully saturated rings. The van der Waals surface area contributed by atoms with Crippen molar-refractivity contribution in [2.75, 3.05) is 6.54 Å². The number of nitrogens with zero attached hydrogens (tertiary/aromatic N) is 2. The average Bonchev–Trinajstić information content (AvgIpc) is 2.00. The van der Waals surface area contributed by atoms with Gasteiger partial charge >= 0.3 is 0 Å². The number of hydrogen-bond donors (Lipinski definition) is 0. The molecule has 1 unspecified atom stereocenters. The summed E-state index contributed by atoms with van der Waals surface area (Å²) in [7, 11) is -1.27. The Morgan fingerprint density at radius 1 is 1.36 bits per heavy atom. The Kier molecular flexibility index (Phi) is 3.08. The van der Waals surface area contributed by atoms with E-state index in [4.69, 9.17) is 5.26 Å². The van der Waals surface area contributed by atoms with Crippen molar-refractivity contribution in [3.8, 4) is 6.07 Å². The summed E-state index contributed by atoms with van der Waals surface area (Å²) in [6, 6.07) is 2.48. The maximum absolute atomic E-state index is 9.15. The Bertz CT molecular complexity index is 247. The predicted molar refractivity (Wildman–Crippen MR) is 62.5 cm³/mol. The second kappa shape index (κ2) is 3.67. The van der Waals surface area contributed by atoms with Crippen LogP contribution in [0.1, 0.15) is 26.7 Å². The average molecular weight is 210 g/mol. The Hall–Kier alpha value is -0.333. The second-order valence-electron chi connectivity index (χ2n) is 5.80. The van der Waals surface area contributed by atoms with Gasteiger partial charge in [0.2, 0.25) is 0 Å². The molecule has 1 heterocycles. The van der Waals surface area contributed by atoms with E-state index in [1.807, 2.05) is 0 Å². The summed E-state index contributed by atoms with van der Waals surface area (Å²) in [5.41, 5.74) is 0.0808. The third kappa shape index (κ3) is 2.02. The molecule has 0 spiro atoms. The number of nitriles is 1. The van der Waals surface area contributed by atoms with E-state index in [1.54, 1.807) is 0 Å². The molecule has 0 aromatic carbocycles. The molecule has 3 heteroatoms. The van der Waals surface area contributed by atoms with Crippen LogP contribution in [0.3, 0.4) is 0 Å². The van der Waals surface area contributed by atoms with Gasteiger partial charge in [0.05, 0.1) is 12.0 Å². The lowest BCUT2D eigenvalue weighted by atomic mass is 9.82. The maximum atomic E-state index is 9.15. The van der Waals surface area contributed by atoms with Gasteiger partial charge in [-0.3, -0.25) is 0 Å². The Balaban J connectivity index is 2.93. The molecule has 0 saturated carbocycles. The van der Waals surface area contributed by atoms with Gasteiger partial charge in [0.25, 0.3) is 0 Å². The lowest BCUT2D eigenvalue weighted by Gasteiger charge is -2.51. The highest BCUT2D eigenvalue weighted by Gasteiger charge is 2.43. The molecule has 1 rings (SSSR count). The fourth-order valence-electron chi connectivity index (χ4n) is 2.71. The molecule has 0 radical (unpaired) electrons. The van der Waals surface area contributed by atoms with E-state index in [2.05, 4.69) is 44.1 Å². The highest BCUT2D eigenvalue weighted by Crippen LogP contribution is 2.36. The summed E-state index contributed by atoms with van der Waals surface area (Å²) in [5.74, 6) is 0.211. The van der Waals surface area contributed by atoms with Crippen molar-refractivity contribution in [2.24, 2.45) is 5.92 Å². The van der Waals surface area contributed by atoms with Gasteiger partial charge in [-0.1, -0.05) is 19.6 Å². The number of piperidine rings is 1. The fourth-order valence-corrected chi connectivity index (χ4v) is 5.42. The first-order valence-electron chi connectivity index (χ1n) is 5.47. The monoisotopic (exact) mass is 210 g/mol. The molecule has 1 atom stereocenters. The largest absolute Gasteiger partial charge is 0.318 e. The van der Waals surface area contributed by atoms with Gasteiger partial charge in [-0.2, -0.15) is 5.26 Å². The summed E-state index contributed by atoms with van der Waals surface area (Å²) < 4.78 is 2.61. The molecule has 0 aromatic rings. The third-order valence-corrected chi connectivity index (χ3v) is 5.81. The van der Waals surface area contributed by atoms with Crippen molar-refractivity contribution >= 4 is 8.24 Å². The molecular formula is C11H22N2Si. The van der Waals surface area contributed by atoms with Gasteiger partial charge in [0.1, 0.15) is 8.24 Å². The zero-order valence-corrected chi connectivity index (χ0v) is 11.1. The standard InChI is InChI=1S/C11H22N2Si/c1-11(2)10(9-12)7-6-8-13(11)14(3,4)5/h10H,6-8H2,1-5H3. The summed E-state index contributed by atoms with van der Waals surface area (Å²) in [6.45, 7) is 12.8. The molecule has 1 saturated heterocycles. The Morgan fingerprint density at radius 3 is 2.36 bits per heavy atom. The van der Waals surface area contributed by atoms with Crippen LogP contribution in [0.2, 0.25) is 19.6 Å². The van der Waals surface area contributed by atoms with E-state index >= 15 is 0 Å². The summed E-state index contributed by atoms with van der Waals surface area (Å²) in [5, 5.41) is 9.15. The molecule has 0 amide bonds. The molecule has 0 aromatic heterocycles. The van der Waals surface area contributed by atoms with Crippen LogP contribution in [-0.2, 0) is 0 Å². The van der Waals surface area contributed by atoms with Crippen LogP contribution in [0, 0.1) is 17.2 Å². The second-order valence-corrected chi connectivity index (χ2v) is 10.7. The van der Waals surface area contributed by atoms with E-state index in [0.717, 1.165) is 6.42 Å². The van der Waals surface area contributed by atoms with E-state index in [-0.39, 0.29) is 11.5 Å². The predicted octanol–water partition coefficient (Wildman–Crippen LogP) is 2.84. The van der Waals surface area contributed by atoms with Crippen molar-refractivity contribution < 1.29 is 0 Å². The summed E-state index contributed by atoms with van der Waals surface area (Å²) in [6.07, 6.45) is 2.26. The van der Waals surface area contributed by atoms with Gasteiger partial charge in [-0.15, -0.1) is 0 Å². The molecule has 0 bridgehead atoms. The van der Waals surface area contributed by atoms with Gasteiger partial charge in [0.15, 0.2) is 0 Å². The molecule has 2 nitrogen and oxygen atoms in total. The van der Waals surface area contributed by atoms with Crippen LogP contribution in [-0.4, -0.2) is 24.9 Å². The minimum atomic E-state index is -1.27. The minimum absolute atomic E-state index is 0.0808. The van der Waals surface area contributed by atoms with Crippen LogP contribution in [0.5, 0.6) is 0 Å². The van der Waals surface area contributed by atoms with Crippen LogP contribution < -0.4 is 0 Å². The van der Waals surface area contributed by atoms with Crippen molar-refractivity contribution in [3.05, 3.63) is 0 Å². The van der Waals surface area contributed by atoms with E-state index in [1.165, 1.54) is 13.0 Å². The minimum Gasteiger partial charge on any atom is -0.318 e. The lowest BCUT2D eigenvalue weighted by Crippen LogP contribution is -2.62. The maximum Gasteiger partial charge on any atom is 0.119 e. The molecule has 1 aliphatic rings. The lowest BCUT2D eigenvalue weighted by molar-refractivity contribution is 0.118. The van der Waals surface area contributed by atoms with Crippen molar-refractivity contribution in [2.45, 2.75) is 51.9 Å². The normalized spacial score (nSPS) is 28.4. The van der Waals surface area contributed by atoms with Crippen molar-refractivity contribution in [3.63, 3.8) is 0 Å². The summed E-state index contributed by atoms with van der Waals surface area (Å²) in [4.78, 5) is 0. The van der Waals surface area contributed by atoms with Crippen LogP contribution in [0.25, 0.3) is 0 Å². The van der Waals surface area contributed by atoms with Gasteiger partial charge in [0, 0.05) is 5.54 Å². The first-order chi connectivity index (χ1) is 6.30. The van der Waals surface area contributed by atoms with E-state index < -0.39 is 8.24 Å². The number of rotatable bonds is 1. The van der Waals surface area contributed by atoms with Gasteiger partial charge in [-0.25, -0.2) is 0 Å². The van der Waals surface area contributed by atoms with Gasteiger partial charge in [-0.05, 0) is 33.2 Å². The summed E-state index contributed by atoms with van der Waals surface area (Å²) >= 11 is 0. The molecule has 80 valence electrons. The zero-order valence-electron chi connectivity index (χ0n) is 10.1. The van der Waals surface area contributed by atoms with Crippen molar-refractivity contribution in [1.82, 2.24) is 4.57 Å². The van der Waals surface area contributed by atoms with E-state index in [9.17, 15) is 0 Å². The molecular weight excluding hydrogens is 188 g/mol. The van der Waals surface area contributed by atoms with Crippen LogP contribution in [0.15, 0.2) is 0 Å². The topological polar surface area (TPSA) is 27.0 Å².